The van der Waals surface area contributed by atoms with Gasteiger partial charge in [0.1, 0.15) is 5.65 Å². The number of aromatic nitrogens is 2. The summed E-state index contributed by atoms with van der Waals surface area (Å²) in [6, 6.07) is 5.76. The minimum absolute atomic E-state index is 0.0378. The lowest BCUT2D eigenvalue weighted by Gasteiger charge is -2.41. The van der Waals surface area contributed by atoms with Gasteiger partial charge in [0, 0.05) is 25.0 Å². The Morgan fingerprint density at radius 2 is 2.32 bits per heavy atom. The number of aliphatic hydroxyl groups is 1. The van der Waals surface area contributed by atoms with Gasteiger partial charge in [-0.05, 0) is 31.9 Å². The Kier molecular flexibility index (Phi) is 2.88. The van der Waals surface area contributed by atoms with Crippen molar-refractivity contribution in [2.24, 2.45) is 0 Å². The molecule has 2 N–H and O–H groups in total. The summed E-state index contributed by atoms with van der Waals surface area (Å²) in [5.41, 5.74) is 0.719. The van der Waals surface area contributed by atoms with E-state index in [9.17, 15) is 9.90 Å². The molecule has 2 aromatic heterocycles. The quantitative estimate of drug-likeness (QED) is 0.851. The summed E-state index contributed by atoms with van der Waals surface area (Å²) in [6.45, 7) is 2.32. The molecular weight excluding hydrogens is 242 g/mol. The van der Waals surface area contributed by atoms with E-state index in [4.69, 9.17) is 0 Å². The fraction of sp³-hybridized carbons (Fsp3) is 0.429. The van der Waals surface area contributed by atoms with E-state index in [0.29, 0.717) is 17.8 Å². The molecule has 2 aromatic rings. The SMILES string of the molecule is CC1(O)CC(NCc2cnc3ccccn3c2=O)C1. The molecule has 19 heavy (non-hydrogen) atoms. The monoisotopic (exact) mass is 259 g/mol. The average molecular weight is 259 g/mol. The summed E-state index contributed by atoms with van der Waals surface area (Å²) >= 11 is 0. The Morgan fingerprint density at radius 1 is 1.53 bits per heavy atom. The van der Waals surface area contributed by atoms with Crippen LogP contribution < -0.4 is 10.9 Å². The number of rotatable bonds is 3. The lowest BCUT2D eigenvalue weighted by Crippen LogP contribution is -2.51. The average Bonchev–Trinajstić information content (AvgIpc) is 2.36. The highest BCUT2D eigenvalue weighted by Gasteiger charge is 2.37. The van der Waals surface area contributed by atoms with Crippen LogP contribution in [-0.2, 0) is 6.54 Å². The summed E-state index contributed by atoms with van der Waals surface area (Å²) in [6.07, 6.45) is 4.81. The van der Waals surface area contributed by atoms with Gasteiger partial charge in [-0.25, -0.2) is 4.98 Å². The van der Waals surface area contributed by atoms with Crippen molar-refractivity contribution in [2.75, 3.05) is 0 Å². The molecule has 0 amide bonds. The van der Waals surface area contributed by atoms with Gasteiger partial charge in [-0.1, -0.05) is 6.07 Å². The van der Waals surface area contributed by atoms with E-state index in [1.807, 2.05) is 25.1 Å². The molecule has 0 atom stereocenters. The minimum atomic E-state index is -0.547. The van der Waals surface area contributed by atoms with E-state index in [2.05, 4.69) is 10.3 Å². The normalized spacial score (nSPS) is 26.3. The fourth-order valence-corrected chi connectivity index (χ4v) is 2.59. The third-order valence-electron chi connectivity index (χ3n) is 3.64. The van der Waals surface area contributed by atoms with Crippen molar-refractivity contribution >= 4 is 5.65 Å². The summed E-state index contributed by atoms with van der Waals surface area (Å²) < 4.78 is 1.55. The zero-order valence-electron chi connectivity index (χ0n) is 10.8. The largest absolute Gasteiger partial charge is 0.390 e. The van der Waals surface area contributed by atoms with Crippen LogP contribution in [0, 0.1) is 0 Å². The second kappa shape index (κ2) is 4.43. The summed E-state index contributed by atoms with van der Waals surface area (Å²) in [7, 11) is 0. The van der Waals surface area contributed by atoms with Crippen LogP contribution in [0.2, 0.25) is 0 Å². The molecule has 0 aliphatic heterocycles. The molecule has 1 fully saturated rings. The topological polar surface area (TPSA) is 66.6 Å². The number of nitrogens with one attached hydrogen (secondary N) is 1. The van der Waals surface area contributed by atoms with Crippen molar-refractivity contribution in [3.63, 3.8) is 0 Å². The summed E-state index contributed by atoms with van der Waals surface area (Å²) in [5, 5.41) is 12.9. The molecule has 0 radical (unpaired) electrons. The number of fused-ring (bicyclic) bond motifs is 1. The number of hydrogen-bond acceptors (Lipinski definition) is 4. The first-order valence-electron chi connectivity index (χ1n) is 6.46. The Balaban J connectivity index is 1.75. The van der Waals surface area contributed by atoms with Crippen LogP contribution in [0.1, 0.15) is 25.3 Å². The Labute approximate surface area is 110 Å². The van der Waals surface area contributed by atoms with E-state index in [1.165, 1.54) is 0 Å². The molecule has 1 aliphatic rings. The van der Waals surface area contributed by atoms with Crippen molar-refractivity contribution in [3.8, 4) is 0 Å². The van der Waals surface area contributed by atoms with Crippen molar-refractivity contribution in [2.45, 2.75) is 38.0 Å². The predicted molar refractivity (Wildman–Crippen MR) is 71.9 cm³/mol. The Hall–Kier alpha value is -1.72. The molecule has 0 unspecified atom stereocenters. The maximum atomic E-state index is 12.2. The van der Waals surface area contributed by atoms with Crippen LogP contribution in [0.5, 0.6) is 0 Å². The van der Waals surface area contributed by atoms with Crippen molar-refractivity contribution in [1.29, 1.82) is 0 Å². The molecule has 2 heterocycles. The zero-order chi connectivity index (χ0) is 13.5. The molecule has 5 nitrogen and oxygen atoms in total. The minimum Gasteiger partial charge on any atom is -0.390 e. The van der Waals surface area contributed by atoms with E-state index in [-0.39, 0.29) is 11.6 Å². The first kappa shape index (κ1) is 12.3. The molecule has 0 bridgehead atoms. The lowest BCUT2D eigenvalue weighted by molar-refractivity contribution is -0.0393. The second-order valence-electron chi connectivity index (χ2n) is 5.50. The summed E-state index contributed by atoms with van der Waals surface area (Å²) in [4.78, 5) is 16.5. The highest BCUT2D eigenvalue weighted by molar-refractivity contribution is 5.37. The van der Waals surface area contributed by atoms with Crippen molar-refractivity contribution in [1.82, 2.24) is 14.7 Å². The van der Waals surface area contributed by atoms with E-state index in [1.54, 1.807) is 16.8 Å². The first-order chi connectivity index (χ1) is 9.05. The zero-order valence-corrected chi connectivity index (χ0v) is 10.8. The number of pyridine rings is 1. The third-order valence-corrected chi connectivity index (χ3v) is 3.64. The van der Waals surface area contributed by atoms with Gasteiger partial charge < -0.3 is 10.4 Å². The molecule has 1 saturated carbocycles. The van der Waals surface area contributed by atoms with Gasteiger partial charge in [-0.2, -0.15) is 0 Å². The maximum Gasteiger partial charge on any atom is 0.262 e. The van der Waals surface area contributed by atoms with Crippen LogP contribution >= 0.6 is 0 Å². The number of nitrogens with zero attached hydrogens (tertiary/aromatic N) is 2. The first-order valence-corrected chi connectivity index (χ1v) is 6.46. The van der Waals surface area contributed by atoms with Gasteiger partial charge in [0.15, 0.2) is 0 Å². The van der Waals surface area contributed by atoms with Gasteiger partial charge in [-0.3, -0.25) is 9.20 Å². The molecule has 100 valence electrons. The van der Waals surface area contributed by atoms with Crippen LogP contribution in [-0.4, -0.2) is 26.1 Å². The molecule has 0 saturated heterocycles. The van der Waals surface area contributed by atoms with E-state index in [0.717, 1.165) is 12.8 Å². The van der Waals surface area contributed by atoms with E-state index < -0.39 is 5.60 Å². The van der Waals surface area contributed by atoms with Gasteiger partial charge in [0.2, 0.25) is 0 Å². The van der Waals surface area contributed by atoms with Crippen LogP contribution in [0.4, 0.5) is 0 Å². The lowest BCUT2D eigenvalue weighted by atomic mass is 9.77. The van der Waals surface area contributed by atoms with Crippen LogP contribution in [0.15, 0.2) is 35.4 Å². The van der Waals surface area contributed by atoms with Crippen molar-refractivity contribution in [3.05, 3.63) is 46.5 Å². The fourth-order valence-electron chi connectivity index (χ4n) is 2.59. The van der Waals surface area contributed by atoms with Gasteiger partial charge >= 0.3 is 0 Å². The van der Waals surface area contributed by atoms with Gasteiger partial charge in [0.05, 0.1) is 11.2 Å². The third kappa shape index (κ3) is 2.39. The molecule has 1 aliphatic carbocycles. The molecule has 3 rings (SSSR count). The highest BCUT2D eigenvalue weighted by atomic mass is 16.3. The van der Waals surface area contributed by atoms with Crippen LogP contribution in [0.3, 0.4) is 0 Å². The maximum absolute atomic E-state index is 12.2. The Morgan fingerprint density at radius 3 is 3.05 bits per heavy atom. The molecule has 0 spiro atoms. The Bertz CT molecular complexity index is 655. The smallest absolute Gasteiger partial charge is 0.262 e. The van der Waals surface area contributed by atoms with Gasteiger partial charge in [-0.15, -0.1) is 0 Å². The second-order valence-corrected chi connectivity index (χ2v) is 5.50. The standard InChI is InChI=1S/C14H17N3O2/c1-14(19)6-11(7-14)15-8-10-9-16-12-4-2-3-5-17(12)13(10)18/h2-5,9,11,15,19H,6-8H2,1H3. The summed E-state index contributed by atoms with van der Waals surface area (Å²) in [5.74, 6) is 0. The molecule has 5 heteroatoms. The highest BCUT2D eigenvalue weighted by Crippen LogP contribution is 2.31. The van der Waals surface area contributed by atoms with Crippen molar-refractivity contribution < 1.29 is 5.11 Å². The molecule has 0 aromatic carbocycles. The van der Waals surface area contributed by atoms with Gasteiger partial charge in [0.25, 0.3) is 5.56 Å². The van der Waals surface area contributed by atoms with E-state index >= 15 is 0 Å². The molecular formula is C14H17N3O2. The predicted octanol–water partition coefficient (Wildman–Crippen LogP) is 0.698. The number of hydrogen-bond donors (Lipinski definition) is 2. The van der Waals surface area contributed by atoms with Crippen LogP contribution in [0.25, 0.3) is 5.65 Å².